The van der Waals surface area contributed by atoms with Gasteiger partial charge < -0.3 is 9.88 Å². The molecule has 32 heavy (non-hydrogen) atoms. The van der Waals surface area contributed by atoms with Gasteiger partial charge in [-0.15, -0.1) is 0 Å². The van der Waals surface area contributed by atoms with E-state index in [0.29, 0.717) is 18.0 Å². The summed E-state index contributed by atoms with van der Waals surface area (Å²) >= 11 is 0. The summed E-state index contributed by atoms with van der Waals surface area (Å²) in [4.78, 5) is 13.2. The van der Waals surface area contributed by atoms with Gasteiger partial charge in [0.05, 0.1) is 10.9 Å². The lowest BCUT2D eigenvalue weighted by atomic mass is 9.88. The van der Waals surface area contributed by atoms with Gasteiger partial charge in [0.25, 0.3) is 0 Å². The molecule has 3 aromatic rings. The first-order chi connectivity index (χ1) is 15.5. The Kier molecular flexibility index (Phi) is 5.78. The van der Waals surface area contributed by atoms with Crippen LogP contribution >= 0.6 is 0 Å². The third-order valence-electron chi connectivity index (χ3n) is 6.71. The Balaban J connectivity index is 1.32. The fraction of sp³-hybridized carbons (Fsp3) is 0.400. The molecule has 0 saturated carbocycles. The average Bonchev–Trinajstić information content (AvgIpc) is 3.22. The molecule has 0 spiro atoms. The van der Waals surface area contributed by atoms with Crippen molar-refractivity contribution in [2.45, 2.75) is 56.0 Å². The van der Waals surface area contributed by atoms with Crippen LogP contribution in [0.2, 0.25) is 0 Å². The van der Waals surface area contributed by atoms with Crippen molar-refractivity contribution >= 4 is 26.8 Å². The second-order valence-electron chi connectivity index (χ2n) is 8.84. The van der Waals surface area contributed by atoms with E-state index in [1.165, 1.54) is 11.1 Å². The number of nitrogens with one attached hydrogen (secondary N) is 1. The molecular formula is C25H29N3O3S. The molecule has 0 bridgehead atoms. The monoisotopic (exact) mass is 451 g/mol. The molecule has 0 radical (unpaired) electrons. The highest BCUT2D eigenvalue weighted by Crippen LogP contribution is 2.30. The fourth-order valence-corrected chi connectivity index (χ4v) is 6.58. The molecule has 2 aromatic carbocycles. The first-order valence-electron chi connectivity index (χ1n) is 11.5. The SMILES string of the molecule is O=C(Cn1ccc2cc(S(=O)(=O)N3CCCCC3)ccc21)N[C@H]1CCCc2ccccc21. The van der Waals surface area contributed by atoms with Gasteiger partial charge in [-0.2, -0.15) is 4.31 Å². The van der Waals surface area contributed by atoms with Gasteiger partial charge in [0.1, 0.15) is 6.54 Å². The van der Waals surface area contributed by atoms with E-state index < -0.39 is 10.0 Å². The Bertz CT molecular complexity index is 1240. The van der Waals surface area contributed by atoms with Gasteiger partial charge in [0.15, 0.2) is 0 Å². The van der Waals surface area contributed by atoms with Crippen LogP contribution in [0, 0.1) is 0 Å². The molecule has 5 rings (SSSR count). The lowest BCUT2D eigenvalue weighted by Gasteiger charge is -2.26. The molecule has 168 valence electrons. The van der Waals surface area contributed by atoms with Gasteiger partial charge in [-0.3, -0.25) is 4.79 Å². The predicted molar refractivity (Wildman–Crippen MR) is 125 cm³/mol. The largest absolute Gasteiger partial charge is 0.348 e. The van der Waals surface area contributed by atoms with Crippen LogP contribution in [0.3, 0.4) is 0 Å². The second kappa shape index (κ2) is 8.71. The number of piperidine rings is 1. The maximum absolute atomic E-state index is 13.0. The van der Waals surface area contributed by atoms with Gasteiger partial charge >= 0.3 is 0 Å². The van der Waals surface area contributed by atoms with Gasteiger partial charge in [0.2, 0.25) is 15.9 Å². The summed E-state index contributed by atoms with van der Waals surface area (Å²) in [5.41, 5.74) is 3.40. The number of aryl methyl sites for hydroxylation is 1. The Morgan fingerprint density at radius 2 is 1.81 bits per heavy atom. The zero-order chi connectivity index (χ0) is 22.1. The maximum Gasteiger partial charge on any atom is 0.243 e. The van der Waals surface area contributed by atoms with Crippen molar-refractivity contribution in [3.05, 3.63) is 65.9 Å². The molecule has 1 aromatic heterocycles. The number of benzene rings is 2. The highest BCUT2D eigenvalue weighted by Gasteiger charge is 2.26. The Morgan fingerprint density at radius 1 is 1.00 bits per heavy atom. The van der Waals surface area contributed by atoms with Crippen molar-refractivity contribution in [3.63, 3.8) is 0 Å². The van der Waals surface area contributed by atoms with Crippen LogP contribution in [0.1, 0.15) is 49.3 Å². The molecule has 1 atom stereocenters. The number of hydrogen-bond acceptors (Lipinski definition) is 3. The van der Waals surface area contributed by atoms with Crippen LogP contribution < -0.4 is 5.32 Å². The van der Waals surface area contributed by atoms with E-state index in [9.17, 15) is 13.2 Å². The van der Waals surface area contributed by atoms with Gasteiger partial charge in [-0.1, -0.05) is 30.7 Å². The quantitative estimate of drug-likeness (QED) is 0.637. The predicted octanol–water partition coefficient (Wildman–Crippen LogP) is 4.01. The number of aromatic nitrogens is 1. The first kappa shape index (κ1) is 21.2. The molecule has 1 aliphatic heterocycles. The Labute approximate surface area is 189 Å². The molecule has 0 unspecified atom stereocenters. The third-order valence-corrected chi connectivity index (χ3v) is 8.61. The molecule has 1 saturated heterocycles. The summed E-state index contributed by atoms with van der Waals surface area (Å²) < 4.78 is 29.5. The van der Waals surface area contributed by atoms with E-state index in [1.807, 2.05) is 29.0 Å². The zero-order valence-corrected chi connectivity index (χ0v) is 19.0. The van der Waals surface area contributed by atoms with Crippen LogP contribution in [-0.2, 0) is 27.8 Å². The first-order valence-corrected chi connectivity index (χ1v) is 12.9. The number of hydrogen-bond donors (Lipinski definition) is 1. The highest BCUT2D eigenvalue weighted by atomic mass is 32.2. The molecule has 1 aliphatic carbocycles. The number of fused-ring (bicyclic) bond motifs is 2. The summed E-state index contributed by atoms with van der Waals surface area (Å²) in [6.45, 7) is 1.39. The molecule has 1 N–H and O–H groups in total. The smallest absolute Gasteiger partial charge is 0.243 e. The molecule has 6 nitrogen and oxygen atoms in total. The van der Waals surface area contributed by atoms with Crippen LogP contribution in [0.4, 0.5) is 0 Å². The summed E-state index contributed by atoms with van der Waals surface area (Å²) in [5.74, 6) is -0.0331. The summed E-state index contributed by atoms with van der Waals surface area (Å²) in [6.07, 6.45) is 7.86. The van der Waals surface area contributed by atoms with Crippen molar-refractivity contribution in [1.29, 1.82) is 0 Å². The molecule has 1 fully saturated rings. The third kappa shape index (κ3) is 4.07. The van der Waals surface area contributed by atoms with Gasteiger partial charge in [0, 0.05) is 30.2 Å². The highest BCUT2D eigenvalue weighted by molar-refractivity contribution is 7.89. The van der Waals surface area contributed by atoms with Gasteiger partial charge in [-0.05, 0) is 67.5 Å². The molecular weight excluding hydrogens is 422 g/mol. The van der Waals surface area contributed by atoms with Crippen molar-refractivity contribution < 1.29 is 13.2 Å². The minimum atomic E-state index is -3.47. The van der Waals surface area contributed by atoms with E-state index in [0.717, 1.165) is 49.4 Å². The Hall–Kier alpha value is -2.64. The number of amides is 1. The van der Waals surface area contributed by atoms with Crippen molar-refractivity contribution in [2.75, 3.05) is 13.1 Å². The average molecular weight is 452 g/mol. The summed E-state index contributed by atoms with van der Waals surface area (Å²) in [5, 5.41) is 4.03. The second-order valence-corrected chi connectivity index (χ2v) is 10.8. The van der Waals surface area contributed by atoms with Crippen LogP contribution in [0.5, 0.6) is 0 Å². The number of carbonyl (C=O) groups is 1. The lowest BCUT2D eigenvalue weighted by molar-refractivity contribution is -0.122. The van der Waals surface area contributed by atoms with E-state index in [2.05, 4.69) is 23.5 Å². The summed E-state index contributed by atoms with van der Waals surface area (Å²) in [7, 11) is -3.47. The van der Waals surface area contributed by atoms with Crippen LogP contribution in [0.15, 0.2) is 59.6 Å². The molecule has 1 amide bonds. The molecule has 2 aliphatic rings. The number of sulfonamides is 1. The van der Waals surface area contributed by atoms with E-state index in [-0.39, 0.29) is 18.5 Å². The number of carbonyl (C=O) groups excluding carboxylic acids is 1. The zero-order valence-electron chi connectivity index (χ0n) is 18.2. The lowest BCUT2D eigenvalue weighted by Crippen LogP contribution is -2.35. The normalized spacial score (nSPS) is 19.6. The van der Waals surface area contributed by atoms with Crippen LogP contribution in [0.25, 0.3) is 10.9 Å². The van der Waals surface area contributed by atoms with Crippen molar-refractivity contribution in [2.24, 2.45) is 0 Å². The number of nitrogens with zero attached hydrogens (tertiary/aromatic N) is 2. The van der Waals surface area contributed by atoms with E-state index in [1.54, 1.807) is 16.4 Å². The standard InChI is InChI=1S/C25H29N3O3S/c29-25(26-23-10-6-8-19-7-2-3-9-22(19)23)18-27-16-13-20-17-21(11-12-24(20)27)32(30,31)28-14-4-1-5-15-28/h2-3,7,9,11-13,16-17,23H,1,4-6,8,10,14-15,18H2,(H,26,29)/t23-/m0/s1. The van der Waals surface area contributed by atoms with Crippen molar-refractivity contribution in [3.8, 4) is 0 Å². The van der Waals surface area contributed by atoms with Crippen molar-refractivity contribution in [1.82, 2.24) is 14.2 Å². The number of rotatable bonds is 5. The van der Waals surface area contributed by atoms with Crippen LogP contribution in [-0.4, -0.2) is 36.3 Å². The van der Waals surface area contributed by atoms with E-state index in [4.69, 9.17) is 0 Å². The van der Waals surface area contributed by atoms with Gasteiger partial charge in [-0.25, -0.2) is 8.42 Å². The fourth-order valence-electron chi connectivity index (χ4n) is 5.03. The molecule has 2 heterocycles. The molecule has 7 heteroatoms. The minimum absolute atomic E-state index is 0.0331. The maximum atomic E-state index is 13.0. The van der Waals surface area contributed by atoms with E-state index >= 15 is 0 Å². The topological polar surface area (TPSA) is 71.4 Å². The minimum Gasteiger partial charge on any atom is -0.348 e. The summed E-state index contributed by atoms with van der Waals surface area (Å²) in [6, 6.07) is 15.5. The Morgan fingerprint density at radius 3 is 2.66 bits per heavy atom.